The Balaban J connectivity index is 1.41. The van der Waals surface area contributed by atoms with Crippen LogP contribution in [-0.4, -0.2) is 11.4 Å². The van der Waals surface area contributed by atoms with E-state index in [9.17, 15) is 9.18 Å². The standard InChI is InChI=1S/C23H17Br2FN2O2S/c24-16-8-5-14(6-9-16)13-30-20-10-7-15(11-17(20)25)12-21-22(29)28-23(31-21)27-19-4-2-1-3-18(19)26/h1-12,23,27H,13H2,(H,28,29)/b21-12-. The van der Waals surface area contributed by atoms with Gasteiger partial charge in [0.2, 0.25) is 0 Å². The molecule has 0 aliphatic carbocycles. The van der Waals surface area contributed by atoms with Crippen molar-refractivity contribution in [1.82, 2.24) is 5.32 Å². The van der Waals surface area contributed by atoms with Gasteiger partial charge in [0.15, 0.2) is 5.50 Å². The van der Waals surface area contributed by atoms with E-state index >= 15 is 0 Å². The van der Waals surface area contributed by atoms with Crippen LogP contribution in [0.15, 0.2) is 80.6 Å². The zero-order chi connectivity index (χ0) is 21.8. The van der Waals surface area contributed by atoms with Gasteiger partial charge in [-0.15, -0.1) is 0 Å². The summed E-state index contributed by atoms with van der Waals surface area (Å²) in [5, 5.41) is 5.80. The highest BCUT2D eigenvalue weighted by molar-refractivity contribution is 9.10. The Morgan fingerprint density at radius 1 is 1.10 bits per heavy atom. The van der Waals surface area contributed by atoms with Gasteiger partial charge in [-0.25, -0.2) is 4.39 Å². The molecule has 1 unspecified atom stereocenters. The van der Waals surface area contributed by atoms with Gasteiger partial charge in [0, 0.05) is 4.47 Å². The van der Waals surface area contributed by atoms with Crippen LogP contribution in [0.3, 0.4) is 0 Å². The molecule has 31 heavy (non-hydrogen) atoms. The summed E-state index contributed by atoms with van der Waals surface area (Å²) in [7, 11) is 0. The molecule has 0 radical (unpaired) electrons. The molecule has 8 heteroatoms. The zero-order valence-corrected chi connectivity index (χ0v) is 20.1. The average Bonchev–Trinajstić information content (AvgIpc) is 3.09. The van der Waals surface area contributed by atoms with E-state index in [-0.39, 0.29) is 11.7 Å². The number of hydrogen-bond donors (Lipinski definition) is 2. The highest BCUT2D eigenvalue weighted by Crippen LogP contribution is 2.33. The van der Waals surface area contributed by atoms with Crippen molar-refractivity contribution in [2.75, 3.05) is 5.32 Å². The summed E-state index contributed by atoms with van der Waals surface area (Å²) in [4.78, 5) is 12.9. The number of amides is 1. The van der Waals surface area contributed by atoms with Crippen LogP contribution >= 0.6 is 43.6 Å². The first-order valence-corrected chi connectivity index (χ1v) is 11.8. The Bertz CT molecular complexity index is 1140. The van der Waals surface area contributed by atoms with Crippen molar-refractivity contribution in [2.24, 2.45) is 0 Å². The fraction of sp³-hybridized carbons (Fsp3) is 0.0870. The van der Waals surface area contributed by atoms with Gasteiger partial charge < -0.3 is 15.4 Å². The minimum absolute atomic E-state index is 0.203. The fourth-order valence-corrected chi connectivity index (χ4v) is 4.65. The Morgan fingerprint density at radius 2 is 1.87 bits per heavy atom. The Labute approximate surface area is 200 Å². The molecule has 1 aliphatic rings. The molecule has 0 aromatic heterocycles. The number of anilines is 1. The van der Waals surface area contributed by atoms with Crippen molar-refractivity contribution in [3.05, 3.63) is 97.5 Å². The highest BCUT2D eigenvalue weighted by atomic mass is 79.9. The van der Waals surface area contributed by atoms with E-state index in [4.69, 9.17) is 4.74 Å². The van der Waals surface area contributed by atoms with Gasteiger partial charge in [0.05, 0.1) is 15.1 Å². The SMILES string of the molecule is O=C1NC(Nc2ccccc2F)S/C1=C\c1ccc(OCc2ccc(Br)cc2)c(Br)c1. The van der Waals surface area contributed by atoms with Crippen LogP contribution in [0.4, 0.5) is 10.1 Å². The fourth-order valence-electron chi connectivity index (χ4n) is 2.90. The minimum atomic E-state index is -0.437. The van der Waals surface area contributed by atoms with Crippen LogP contribution < -0.4 is 15.4 Å². The Morgan fingerprint density at radius 3 is 2.61 bits per heavy atom. The molecule has 4 rings (SSSR count). The maximum Gasteiger partial charge on any atom is 0.260 e. The van der Waals surface area contributed by atoms with E-state index in [1.54, 1.807) is 24.3 Å². The number of halogens is 3. The van der Waals surface area contributed by atoms with E-state index in [1.165, 1.54) is 17.8 Å². The second kappa shape index (κ2) is 9.89. The van der Waals surface area contributed by atoms with Crippen molar-refractivity contribution >= 4 is 61.3 Å². The maximum atomic E-state index is 13.8. The van der Waals surface area contributed by atoms with Crippen LogP contribution in [0.1, 0.15) is 11.1 Å². The lowest BCUT2D eigenvalue weighted by atomic mass is 10.2. The third-order valence-corrected chi connectivity index (χ3v) is 6.63. The summed E-state index contributed by atoms with van der Waals surface area (Å²) in [6.07, 6.45) is 1.80. The average molecular weight is 564 g/mol. The number of nitrogens with one attached hydrogen (secondary N) is 2. The minimum Gasteiger partial charge on any atom is -0.488 e. The number of rotatable bonds is 6. The number of ether oxygens (including phenoxy) is 1. The van der Waals surface area contributed by atoms with Gasteiger partial charge in [-0.1, -0.05) is 58.0 Å². The first-order chi connectivity index (χ1) is 15.0. The maximum absolute atomic E-state index is 13.8. The van der Waals surface area contributed by atoms with Gasteiger partial charge in [0.1, 0.15) is 18.2 Å². The second-order valence-corrected chi connectivity index (χ2v) is 9.63. The molecular weight excluding hydrogens is 547 g/mol. The van der Waals surface area contributed by atoms with Crippen molar-refractivity contribution in [3.63, 3.8) is 0 Å². The smallest absolute Gasteiger partial charge is 0.260 e. The van der Waals surface area contributed by atoms with Gasteiger partial charge in [-0.3, -0.25) is 4.79 Å². The molecule has 1 fully saturated rings. The molecule has 1 saturated heterocycles. The summed E-state index contributed by atoms with van der Waals surface area (Å²) < 4.78 is 21.5. The Kier molecular flexibility index (Phi) is 6.99. The van der Waals surface area contributed by atoms with E-state index in [0.717, 1.165) is 20.1 Å². The van der Waals surface area contributed by atoms with Crippen molar-refractivity contribution in [2.45, 2.75) is 12.1 Å². The number of carbonyl (C=O) groups excluding carboxylic acids is 1. The molecule has 1 amide bonds. The van der Waals surface area contributed by atoms with Crippen LogP contribution in [0.5, 0.6) is 5.75 Å². The molecule has 1 heterocycles. The van der Waals surface area contributed by atoms with Crippen LogP contribution in [0.2, 0.25) is 0 Å². The molecule has 0 spiro atoms. The van der Waals surface area contributed by atoms with Crippen molar-refractivity contribution in [1.29, 1.82) is 0 Å². The first kappa shape index (κ1) is 21.9. The van der Waals surface area contributed by atoms with Crippen LogP contribution in [0, 0.1) is 5.82 Å². The number of hydrogen-bond acceptors (Lipinski definition) is 4. The molecule has 1 aliphatic heterocycles. The largest absolute Gasteiger partial charge is 0.488 e. The topological polar surface area (TPSA) is 50.4 Å². The van der Waals surface area contributed by atoms with Crippen LogP contribution in [-0.2, 0) is 11.4 Å². The third kappa shape index (κ3) is 5.70. The molecule has 3 aromatic carbocycles. The molecule has 3 aromatic rings. The van der Waals surface area contributed by atoms with Crippen molar-refractivity contribution < 1.29 is 13.9 Å². The van der Waals surface area contributed by atoms with E-state index in [2.05, 4.69) is 42.5 Å². The molecule has 0 saturated carbocycles. The van der Waals surface area contributed by atoms with Gasteiger partial charge in [0.25, 0.3) is 5.91 Å². The summed E-state index contributed by atoms with van der Waals surface area (Å²) >= 11 is 8.27. The monoisotopic (exact) mass is 562 g/mol. The quantitative estimate of drug-likeness (QED) is 0.335. The first-order valence-electron chi connectivity index (χ1n) is 9.35. The van der Waals surface area contributed by atoms with E-state index in [1.807, 2.05) is 42.5 Å². The predicted octanol–water partition coefficient (Wildman–Crippen LogP) is 6.53. The molecule has 1 atom stereocenters. The number of para-hydroxylation sites is 1. The summed E-state index contributed by atoms with van der Waals surface area (Å²) in [6, 6.07) is 20.0. The number of benzene rings is 3. The molecular formula is C23H17Br2FN2O2S. The van der Waals surface area contributed by atoms with Gasteiger partial charge in [-0.05, 0) is 69.5 Å². The normalized spacial score (nSPS) is 16.9. The molecule has 0 bridgehead atoms. The van der Waals surface area contributed by atoms with Crippen molar-refractivity contribution in [3.8, 4) is 5.75 Å². The summed E-state index contributed by atoms with van der Waals surface area (Å²) in [6.45, 7) is 0.452. The van der Waals surface area contributed by atoms with E-state index in [0.29, 0.717) is 22.9 Å². The summed E-state index contributed by atoms with van der Waals surface area (Å²) in [5.74, 6) is 0.149. The summed E-state index contributed by atoms with van der Waals surface area (Å²) in [5.41, 5.74) is 1.82. The third-order valence-electron chi connectivity index (χ3n) is 4.45. The van der Waals surface area contributed by atoms with Crippen LogP contribution in [0.25, 0.3) is 6.08 Å². The lowest BCUT2D eigenvalue weighted by molar-refractivity contribution is -0.116. The molecule has 158 valence electrons. The lowest BCUT2D eigenvalue weighted by Crippen LogP contribution is -2.31. The number of thioether (sulfide) groups is 1. The molecule has 2 N–H and O–H groups in total. The van der Waals surface area contributed by atoms with Gasteiger partial charge in [-0.2, -0.15) is 0 Å². The predicted molar refractivity (Wildman–Crippen MR) is 130 cm³/mol. The highest BCUT2D eigenvalue weighted by Gasteiger charge is 2.27. The zero-order valence-electron chi connectivity index (χ0n) is 16.1. The van der Waals surface area contributed by atoms with E-state index < -0.39 is 5.50 Å². The molecule has 4 nitrogen and oxygen atoms in total. The second-order valence-electron chi connectivity index (χ2n) is 6.71. The number of carbonyl (C=O) groups is 1. The Hall–Kier alpha value is -2.29. The lowest BCUT2D eigenvalue weighted by Gasteiger charge is -2.13. The van der Waals surface area contributed by atoms with Gasteiger partial charge >= 0.3 is 0 Å².